The molecule has 1 aliphatic heterocycles. The van der Waals surface area contributed by atoms with Gasteiger partial charge in [0.2, 0.25) is 0 Å². The first kappa shape index (κ1) is 17.3. The van der Waals surface area contributed by atoms with Gasteiger partial charge >= 0.3 is 0 Å². The van der Waals surface area contributed by atoms with Gasteiger partial charge < -0.3 is 14.5 Å². The summed E-state index contributed by atoms with van der Waals surface area (Å²) >= 11 is 0. The van der Waals surface area contributed by atoms with Crippen molar-refractivity contribution >= 4 is 10.9 Å². The third-order valence-corrected chi connectivity index (χ3v) is 5.14. The van der Waals surface area contributed by atoms with Crippen LogP contribution >= 0.6 is 0 Å². The first-order valence-corrected chi connectivity index (χ1v) is 9.33. The van der Waals surface area contributed by atoms with Crippen molar-refractivity contribution in [1.82, 2.24) is 4.98 Å². The molecule has 0 radical (unpaired) electrons. The Hall–Kier alpha value is -2.17. The van der Waals surface area contributed by atoms with E-state index in [0.29, 0.717) is 25.2 Å². The second-order valence-corrected chi connectivity index (χ2v) is 6.77. The number of nitrogens with one attached hydrogen (secondary N) is 1. The van der Waals surface area contributed by atoms with Crippen molar-refractivity contribution in [1.29, 1.82) is 0 Å². The minimum absolute atomic E-state index is 0.0800. The number of fused-ring (bicyclic) bond motifs is 3. The molecule has 1 unspecified atom stereocenters. The number of aromatic amines is 1. The van der Waals surface area contributed by atoms with Crippen LogP contribution in [0.5, 0.6) is 0 Å². The SMILES string of the molecule is CCC1OCCc2c1[nH]c1c(CCOCc3ccccc3)c(F)ccc21. The van der Waals surface area contributed by atoms with E-state index < -0.39 is 0 Å². The van der Waals surface area contributed by atoms with Gasteiger partial charge in [0.05, 0.1) is 31.4 Å². The molecule has 0 fully saturated rings. The number of rotatable bonds is 6. The molecule has 0 amide bonds. The Morgan fingerprint density at radius 1 is 1.19 bits per heavy atom. The van der Waals surface area contributed by atoms with Crippen LogP contribution in [-0.4, -0.2) is 18.2 Å². The topological polar surface area (TPSA) is 34.2 Å². The maximum absolute atomic E-state index is 14.5. The van der Waals surface area contributed by atoms with Gasteiger partial charge in [0.1, 0.15) is 5.82 Å². The fourth-order valence-electron chi connectivity index (χ4n) is 3.81. The summed E-state index contributed by atoms with van der Waals surface area (Å²) in [7, 11) is 0. The van der Waals surface area contributed by atoms with Gasteiger partial charge in [-0.1, -0.05) is 37.3 Å². The van der Waals surface area contributed by atoms with E-state index in [4.69, 9.17) is 9.47 Å². The van der Waals surface area contributed by atoms with Crippen LogP contribution in [0.15, 0.2) is 42.5 Å². The second-order valence-electron chi connectivity index (χ2n) is 6.77. The van der Waals surface area contributed by atoms with Gasteiger partial charge in [0.25, 0.3) is 0 Å². The highest BCUT2D eigenvalue weighted by molar-refractivity contribution is 5.88. The normalized spacial score (nSPS) is 16.8. The zero-order chi connectivity index (χ0) is 17.9. The smallest absolute Gasteiger partial charge is 0.128 e. The summed E-state index contributed by atoms with van der Waals surface area (Å²) in [5.74, 6) is -0.173. The van der Waals surface area contributed by atoms with E-state index in [1.165, 1.54) is 5.56 Å². The molecular formula is C22H24FNO2. The largest absolute Gasteiger partial charge is 0.376 e. The van der Waals surface area contributed by atoms with Gasteiger partial charge in [-0.15, -0.1) is 0 Å². The van der Waals surface area contributed by atoms with Crippen LogP contribution in [0.4, 0.5) is 4.39 Å². The molecule has 4 heteroatoms. The highest BCUT2D eigenvalue weighted by Crippen LogP contribution is 2.36. The third-order valence-electron chi connectivity index (χ3n) is 5.14. The van der Waals surface area contributed by atoms with Crippen LogP contribution in [0.2, 0.25) is 0 Å². The molecule has 0 spiro atoms. The molecule has 1 atom stereocenters. The summed E-state index contributed by atoms with van der Waals surface area (Å²) in [5.41, 5.74) is 5.14. The van der Waals surface area contributed by atoms with Crippen LogP contribution in [0.25, 0.3) is 10.9 Å². The van der Waals surface area contributed by atoms with Gasteiger partial charge in [0.15, 0.2) is 0 Å². The lowest BCUT2D eigenvalue weighted by Gasteiger charge is -2.22. The Bertz CT molecular complexity index is 888. The van der Waals surface area contributed by atoms with Gasteiger partial charge in [-0.3, -0.25) is 0 Å². The summed E-state index contributed by atoms with van der Waals surface area (Å²) in [6.07, 6.45) is 2.42. The minimum Gasteiger partial charge on any atom is -0.376 e. The zero-order valence-corrected chi connectivity index (χ0v) is 15.1. The number of aromatic nitrogens is 1. The van der Waals surface area contributed by atoms with Crippen molar-refractivity contribution in [2.45, 2.75) is 38.9 Å². The predicted octanol–water partition coefficient (Wildman–Crippen LogP) is 5.09. The van der Waals surface area contributed by atoms with E-state index in [1.54, 1.807) is 6.07 Å². The van der Waals surface area contributed by atoms with Crippen molar-refractivity contribution in [3.63, 3.8) is 0 Å². The number of hydrogen-bond donors (Lipinski definition) is 1. The number of H-pyrrole nitrogens is 1. The quantitative estimate of drug-likeness (QED) is 0.626. The Balaban J connectivity index is 1.54. The lowest BCUT2D eigenvalue weighted by atomic mass is 9.99. The average molecular weight is 353 g/mol. The average Bonchev–Trinajstić information content (AvgIpc) is 3.06. The number of ether oxygens (including phenoxy) is 2. The van der Waals surface area contributed by atoms with Crippen molar-refractivity contribution < 1.29 is 13.9 Å². The van der Waals surface area contributed by atoms with E-state index in [1.807, 2.05) is 36.4 Å². The number of hydrogen-bond acceptors (Lipinski definition) is 2. The van der Waals surface area contributed by atoms with Crippen molar-refractivity contribution in [3.8, 4) is 0 Å². The van der Waals surface area contributed by atoms with E-state index in [-0.39, 0.29) is 11.9 Å². The Labute approximate surface area is 153 Å². The predicted molar refractivity (Wildman–Crippen MR) is 101 cm³/mol. The molecule has 3 nitrogen and oxygen atoms in total. The molecule has 2 heterocycles. The summed E-state index contributed by atoms with van der Waals surface area (Å²) < 4.78 is 26.1. The lowest BCUT2D eigenvalue weighted by molar-refractivity contribution is 0.0377. The van der Waals surface area contributed by atoms with Crippen molar-refractivity contribution in [2.75, 3.05) is 13.2 Å². The van der Waals surface area contributed by atoms with Gasteiger partial charge in [-0.05, 0) is 36.1 Å². The lowest BCUT2D eigenvalue weighted by Crippen LogP contribution is -2.14. The standard InChI is InChI=1S/C22H24FNO2/c1-2-20-22-17(11-13-26-20)16-8-9-19(23)18(21(16)24-22)10-12-25-14-15-6-4-3-5-7-15/h3-9,20,24H,2,10-14H2,1H3. The Morgan fingerprint density at radius 3 is 2.85 bits per heavy atom. The maximum atomic E-state index is 14.5. The molecule has 0 bridgehead atoms. The molecular weight excluding hydrogens is 329 g/mol. The van der Waals surface area contributed by atoms with Crippen LogP contribution < -0.4 is 0 Å². The van der Waals surface area contributed by atoms with Crippen LogP contribution in [0, 0.1) is 5.82 Å². The fourth-order valence-corrected chi connectivity index (χ4v) is 3.81. The van der Waals surface area contributed by atoms with Gasteiger partial charge in [-0.2, -0.15) is 0 Å². The number of halogens is 1. The van der Waals surface area contributed by atoms with E-state index in [9.17, 15) is 4.39 Å². The summed E-state index contributed by atoms with van der Waals surface area (Å²) in [6.45, 7) is 3.88. The van der Waals surface area contributed by atoms with Crippen LogP contribution in [0.3, 0.4) is 0 Å². The van der Waals surface area contributed by atoms with E-state index >= 15 is 0 Å². The molecule has 26 heavy (non-hydrogen) atoms. The molecule has 1 aromatic heterocycles. The molecule has 4 rings (SSSR count). The monoisotopic (exact) mass is 353 g/mol. The van der Waals surface area contributed by atoms with Gasteiger partial charge in [0, 0.05) is 23.1 Å². The second kappa shape index (κ2) is 7.60. The fraction of sp³-hybridized carbons (Fsp3) is 0.364. The van der Waals surface area contributed by atoms with Crippen LogP contribution in [0.1, 0.15) is 41.8 Å². The van der Waals surface area contributed by atoms with E-state index in [0.717, 1.165) is 41.6 Å². The van der Waals surface area contributed by atoms with Crippen molar-refractivity contribution in [2.24, 2.45) is 0 Å². The third kappa shape index (κ3) is 3.27. The summed E-state index contributed by atoms with van der Waals surface area (Å²) in [5, 5.41) is 1.13. The van der Waals surface area contributed by atoms with Crippen LogP contribution in [-0.2, 0) is 28.9 Å². The molecule has 2 aromatic carbocycles. The molecule has 0 saturated carbocycles. The molecule has 0 aliphatic carbocycles. The minimum atomic E-state index is -0.173. The Kier molecular flexibility index (Phi) is 5.05. The summed E-state index contributed by atoms with van der Waals surface area (Å²) in [6, 6.07) is 13.5. The molecule has 3 aromatic rings. The molecule has 0 saturated heterocycles. The van der Waals surface area contributed by atoms with E-state index in [2.05, 4.69) is 11.9 Å². The first-order chi connectivity index (χ1) is 12.8. The zero-order valence-electron chi connectivity index (χ0n) is 15.1. The maximum Gasteiger partial charge on any atom is 0.128 e. The molecule has 1 N–H and O–H groups in total. The first-order valence-electron chi connectivity index (χ1n) is 9.33. The number of benzene rings is 2. The Morgan fingerprint density at radius 2 is 2.04 bits per heavy atom. The summed E-state index contributed by atoms with van der Waals surface area (Å²) in [4.78, 5) is 3.46. The van der Waals surface area contributed by atoms with Crippen molar-refractivity contribution in [3.05, 3.63) is 70.7 Å². The van der Waals surface area contributed by atoms with Gasteiger partial charge in [-0.25, -0.2) is 4.39 Å². The highest BCUT2D eigenvalue weighted by Gasteiger charge is 2.25. The highest BCUT2D eigenvalue weighted by atomic mass is 19.1. The molecule has 136 valence electrons. The molecule has 1 aliphatic rings.